The molecule has 0 amide bonds. The number of nitrogens with zero attached hydrogens (tertiary/aromatic N) is 4. The third kappa shape index (κ3) is 5.29. The van der Waals surface area contributed by atoms with Gasteiger partial charge in [-0.2, -0.15) is 0 Å². The second-order valence-corrected chi connectivity index (χ2v) is 8.79. The van der Waals surface area contributed by atoms with Crippen LogP contribution in [0.1, 0.15) is 24.2 Å². The molecule has 0 radical (unpaired) electrons. The molecule has 0 fully saturated rings. The van der Waals surface area contributed by atoms with Gasteiger partial charge in [0.15, 0.2) is 5.03 Å². The molecular formula is C24H21N5O4S. The van der Waals surface area contributed by atoms with E-state index in [0.717, 1.165) is 27.6 Å². The smallest absolute Gasteiger partial charge is 0.343 e. The molecule has 0 saturated carbocycles. The molecule has 0 aliphatic heterocycles. The standard InChI is InChI=1S/C24H21N5O4S/c1-15(2)13-33-24(30)17-8-10-18(11-9-17)28-22-21(29(31)32)23(27-14-26-22)34-19-7-3-5-16-6-4-12-25-20(16)19/h3-12,14-15H,13H2,1-2H3,(H,26,27,28). The molecule has 0 spiro atoms. The fourth-order valence-corrected chi connectivity index (χ4v) is 4.10. The highest BCUT2D eigenvalue weighted by Crippen LogP contribution is 2.39. The van der Waals surface area contributed by atoms with Crippen molar-refractivity contribution in [2.75, 3.05) is 11.9 Å². The Bertz CT molecular complexity index is 1340. The number of pyridine rings is 1. The molecule has 0 aliphatic rings. The summed E-state index contributed by atoms with van der Waals surface area (Å²) in [6.45, 7) is 4.25. The minimum Gasteiger partial charge on any atom is -0.462 e. The summed E-state index contributed by atoms with van der Waals surface area (Å²) in [5.41, 5.74) is 1.41. The number of rotatable bonds is 8. The highest BCUT2D eigenvalue weighted by atomic mass is 32.2. The van der Waals surface area contributed by atoms with Gasteiger partial charge in [-0.3, -0.25) is 15.1 Å². The summed E-state index contributed by atoms with van der Waals surface area (Å²) in [6, 6.07) is 15.9. The summed E-state index contributed by atoms with van der Waals surface area (Å²) < 4.78 is 5.22. The van der Waals surface area contributed by atoms with Gasteiger partial charge in [0.2, 0.25) is 5.82 Å². The van der Waals surface area contributed by atoms with Gasteiger partial charge in [0.1, 0.15) is 6.33 Å². The third-order valence-corrected chi connectivity index (χ3v) is 5.75. The molecule has 0 unspecified atom stereocenters. The lowest BCUT2D eigenvalue weighted by Gasteiger charge is -2.10. The molecule has 0 saturated heterocycles. The van der Waals surface area contributed by atoms with Crippen LogP contribution in [0.4, 0.5) is 17.2 Å². The van der Waals surface area contributed by atoms with Crippen LogP contribution < -0.4 is 5.32 Å². The van der Waals surface area contributed by atoms with Crippen molar-refractivity contribution in [3.63, 3.8) is 0 Å². The van der Waals surface area contributed by atoms with Crippen molar-refractivity contribution in [3.05, 3.63) is 82.8 Å². The van der Waals surface area contributed by atoms with Crippen molar-refractivity contribution in [2.45, 2.75) is 23.8 Å². The Labute approximate surface area is 199 Å². The number of aromatic nitrogens is 3. The maximum atomic E-state index is 12.1. The molecule has 9 nitrogen and oxygen atoms in total. The number of ether oxygens (including phenoxy) is 1. The number of nitro groups is 1. The van der Waals surface area contributed by atoms with Crippen LogP contribution in [0.3, 0.4) is 0 Å². The van der Waals surface area contributed by atoms with Gasteiger partial charge in [0.05, 0.1) is 22.6 Å². The summed E-state index contributed by atoms with van der Waals surface area (Å²) in [5, 5.41) is 16.0. The lowest BCUT2D eigenvalue weighted by atomic mass is 10.2. The minimum absolute atomic E-state index is 0.0471. The Hall–Kier alpha value is -4.05. The zero-order chi connectivity index (χ0) is 24.1. The molecule has 2 heterocycles. The quantitative estimate of drug-likeness (QED) is 0.149. The predicted molar refractivity (Wildman–Crippen MR) is 129 cm³/mol. The van der Waals surface area contributed by atoms with E-state index >= 15 is 0 Å². The number of esters is 1. The van der Waals surface area contributed by atoms with E-state index < -0.39 is 10.9 Å². The van der Waals surface area contributed by atoms with Gasteiger partial charge in [0, 0.05) is 22.2 Å². The fraction of sp³-hybridized carbons (Fsp3) is 0.167. The summed E-state index contributed by atoms with van der Waals surface area (Å²) in [7, 11) is 0. The highest BCUT2D eigenvalue weighted by Gasteiger charge is 2.24. The second-order valence-electron chi connectivity index (χ2n) is 7.76. The van der Waals surface area contributed by atoms with E-state index in [-0.39, 0.29) is 22.4 Å². The second kappa shape index (κ2) is 10.3. The number of hydrogen-bond donors (Lipinski definition) is 1. The van der Waals surface area contributed by atoms with E-state index in [2.05, 4.69) is 20.3 Å². The van der Waals surface area contributed by atoms with Gasteiger partial charge in [-0.1, -0.05) is 43.8 Å². The molecule has 1 N–H and O–H groups in total. The molecule has 10 heteroatoms. The van der Waals surface area contributed by atoms with Gasteiger partial charge in [0.25, 0.3) is 0 Å². The van der Waals surface area contributed by atoms with E-state index in [0.29, 0.717) is 17.9 Å². The largest absolute Gasteiger partial charge is 0.462 e. The maximum absolute atomic E-state index is 12.1. The first-order valence-corrected chi connectivity index (χ1v) is 11.3. The lowest BCUT2D eigenvalue weighted by molar-refractivity contribution is -0.387. The number of nitrogens with one attached hydrogen (secondary N) is 1. The van der Waals surface area contributed by atoms with Crippen LogP contribution in [0.15, 0.2) is 77.0 Å². The Morgan fingerprint density at radius 2 is 1.85 bits per heavy atom. The minimum atomic E-state index is -0.513. The van der Waals surface area contributed by atoms with Crippen LogP contribution in [-0.4, -0.2) is 32.5 Å². The van der Waals surface area contributed by atoms with Crippen molar-refractivity contribution in [3.8, 4) is 0 Å². The van der Waals surface area contributed by atoms with Gasteiger partial charge in [-0.05, 0) is 42.3 Å². The monoisotopic (exact) mass is 475 g/mol. The SMILES string of the molecule is CC(C)COC(=O)c1ccc(Nc2ncnc(Sc3cccc4cccnc34)c2[N+](=O)[O-])cc1. The van der Waals surface area contributed by atoms with E-state index in [1.807, 2.05) is 44.2 Å². The first-order valence-electron chi connectivity index (χ1n) is 10.5. The fourth-order valence-electron chi connectivity index (χ4n) is 3.11. The lowest BCUT2D eigenvalue weighted by Crippen LogP contribution is -2.10. The van der Waals surface area contributed by atoms with E-state index in [9.17, 15) is 14.9 Å². The first-order chi connectivity index (χ1) is 16.4. The molecule has 4 aromatic rings. The number of carbonyl (C=O) groups excluding carboxylic acids is 1. The third-order valence-electron chi connectivity index (χ3n) is 4.70. The topological polar surface area (TPSA) is 120 Å². The number of anilines is 2. The van der Waals surface area contributed by atoms with Crippen LogP contribution in [0.5, 0.6) is 0 Å². The van der Waals surface area contributed by atoms with Crippen LogP contribution >= 0.6 is 11.8 Å². The Balaban J connectivity index is 1.59. The summed E-state index contributed by atoms with van der Waals surface area (Å²) in [4.78, 5) is 36.9. The summed E-state index contributed by atoms with van der Waals surface area (Å²) >= 11 is 1.15. The van der Waals surface area contributed by atoms with Crippen molar-refractivity contribution in [1.29, 1.82) is 0 Å². The number of fused-ring (bicyclic) bond motifs is 1. The Morgan fingerprint density at radius 1 is 1.09 bits per heavy atom. The molecule has 172 valence electrons. The van der Waals surface area contributed by atoms with Gasteiger partial charge in [-0.15, -0.1) is 0 Å². The molecule has 0 bridgehead atoms. The zero-order valence-corrected chi connectivity index (χ0v) is 19.3. The summed E-state index contributed by atoms with van der Waals surface area (Å²) in [5.74, 6) is -0.138. The van der Waals surface area contributed by atoms with Crippen molar-refractivity contribution in [2.24, 2.45) is 5.92 Å². The molecule has 34 heavy (non-hydrogen) atoms. The maximum Gasteiger partial charge on any atom is 0.343 e. The average molecular weight is 476 g/mol. The van der Waals surface area contributed by atoms with Crippen molar-refractivity contribution < 1.29 is 14.5 Å². The van der Waals surface area contributed by atoms with Gasteiger partial charge in [-0.25, -0.2) is 14.8 Å². The molecule has 0 aliphatic carbocycles. The van der Waals surface area contributed by atoms with Gasteiger partial charge >= 0.3 is 11.7 Å². The first kappa shape index (κ1) is 23.1. The van der Waals surface area contributed by atoms with Crippen LogP contribution in [-0.2, 0) is 4.74 Å². The highest BCUT2D eigenvalue weighted by molar-refractivity contribution is 7.99. The molecule has 0 atom stereocenters. The van der Waals surface area contributed by atoms with Crippen LogP contribution in [0.25, 0.3) is 10.9 Å². The van der Waals surface area contributed by atoms with Crippen LogP contribution in [0.2, 0.25) is 0 Å². The molecule has 2 aromatic carbocycles. The van der Waals surface area contributed by atoms with Gasteiger partial charge < -0.3 is 10.1 Å². The number of hydrogen-bond acceptors (Lipinski definition) is 9. The van der Waals surface area contributed by atoms with E-state index in [4.69, 9.17) is 4.74 Å². The van der Waals surface area contributed by atoms with Crippen molar-refractivity contribution in [1.82, 2.24) is 15.0 Å². The Kier molecular flexibility index (Phi) is 6.98. The molecular weight excluding hydrogens is 454 g/mol. The number of benzene rings is 2. The summed E-state index contributed by atoms with van der Waals surface area (Å²) in [6.07, 6.45) is 2.95. The normalized spacial score (nSPS) is 10.9. The van der Waals surface area contributed by atoms with E-state index in [1.165, 1.54) is 6.33 Å². The van der Waals surface area contributed by atoms with Crippen molar-refractivity contribution >= 4 is 45.8 Å². The van der Waals surface area contributed by atoms with Crippen LogP contribution in [0, 0.1) is 16.0 Å². The zero-order valence-electron chi connectivity index (χ0n) is 18.5. The molecule has 2 aromatic heterocycles. The predicted octanol–water partition coefficient (Wildman–Crippen LogP) is 5.64. The molecule has 4 rings (SSSR count). The van der Waals surface area contributed by atoms with E-state index in [1.54, 1.807) is 30.5 Å². The Morgan fingerprint density at radius 3 is 2.59 bits per heavy atom. The average Bonchev–Trinajstić information content (AvgIpc) is 2.83. The number of carbonyl (C=O) groups is 1. The number of para-hydroxylation sites is 1.